The van der Waals surface area contributed by atoms with E-state index in [9.17, 15) is 0 Å². The molecule has 1 aromatic carbocycles. The Morgan fingerprint density at radius 1 is 1.31 bits per heavy atom. The molecule has 1 aliphatic rings. The molecule has 3 rings (SSSR count). The van der Waals surface area contributed by atoms with Gasteiger partial charge in [0.05, 0.1) is 11.4 Å². The van der Waals surface area contributed by atoms with Crippen LogP contribution in [-0.4, -0.2) is 9.78 Å². The normalized spacial score (nSPS) is 15.3. The first-order valence-electron chi connectivity index (χ1n) is 5.35. The maximum atomic E-state index is 5.95. The maximum absolute atomic E-state index is 5.95. The average molecular weight is 234 g/mol. The second-order valence-corrected chi connectivity index (χ2v) is 4.60. The van der Waals surface area contributed by atoms with Crippen molar-refractivity contribution in [3.63, 3.8) is 0 Å². The third kappa shape index (κ3) is 1.67. The number of nitrogens with zero attached hydrogens (tertiary/aromatic N) is 2. The number of nitrogen functional groups attached to an aromatic ring is 1. The highest BCUT2D eigenvalue weighted by Crippen LogP contribution is 2.40. The lowest BCUT2D eigenvalue weighted by Gasteiger charge is -2.03. The summed E-state index contributed by atoms with van der Waals surface area (Å²) >= 11 is 5.95. The lowest BCUT2D eigenvalue weighted by atomic mass is 10.3. The van der Waals surface area contributed by atoms with Gasteiger partial charge in [-0.25, -0.2) is 4.68 Å². The fourth-order valence-corrected chi connectivity index (χ4v) is 1.99. The Morgan fingerprint density at radius 2 is 2.12 bits per heavy atom. The Kier molecular flexibility index (Phi) is 2.14. The molecule has 2 N–H and O–H groups in total. The quantitative estimate of drug-likeness (QED) is 0.867. The second kappa shape index (κ2) is 3.52. The summed E-state index contributed by atoms with van der Waals surface area (Å²) in [6.45, 7) is 0. The molecule has 1 heterocycles. The van der Waals surface area contributed by atoms with Gasteiger partial charge in [0.2, 0.25) is 0 Å². The first-order chi connectivity index (χ1) is 7.74. The minimum absolute atomic E-state index is 0.614. The Bertz CT molecular complexity index is 529. The molecule has 0 aliphatic heterocycles. The molecule has 1 aliphatic carbocycles. The summed E-state index contributed by atoms with van der Waals surface area (Å²) < 4.78 is 1.75. The van der Waals surface area contributed by atoms with Crippen molar-refractivity contribution in [2.45, 2.75) is 18.8 Å². The molecule has 2 aromatic rings. The summed E-state index contributed by atoms with van der Waals surface area (Å²) in [5.74, 6) is 1.28. The van der Waals surface area contributed by atoms with Crippen LogP contribution >= 0.6 is 11.6 Å². The van der Waals surface area contributed by atoms with Gasteiger partial charge in [0.15, 0.2) is 0 Å². The fraction of sp³-hybridized carbons (Fsp3) is 0.250. The van der Waals surface area contributed by atoms with Gasteiger partial charge in [-0.15, -0.1) is 0 Å². The van der Waals surface area contributed by atoms with Gasteiger partial charge in [-0.2, -0.15) is 5.10 Å². The van der Waals surface area contributed by atoms with Crippen molar-refractivity contribution >= 4 is 17.4 Å². The van der Waals surface area contributed by atoms with Crippen molar-refractivity contribution in [2.24, 2.45) is 0 Å². The minimum atomic E-state index is 0.614. The van der Waals surface area contributed by atoms with Crippen molar-refractivity contribution in [1.29, 1.82) is 0 Å². The number of hydrogen-bond acceptors (Lipinski definition) is 2. The molecule has 1 aromatic heterocycles. The standard InChI is InChI=1S/C12H12ClN3/c13-9-2-1-3-10(6-9)16-12(14)7-11(15-16)8-4-5-8/h1-3,6-8H,4-5,14H2. The van der Waals surface area contributed by atoms with Gasteiger partial charge in [-0.3, -0.25) is 0 Å². The van der Waals surface area contributed by atoms with Crippen LogP contribution in [0.1, 0.15) is 24.5 Å². The van der Waals surface area contributed by atoms with Gasteiger partial charge in [0.1, 0.15) is 5.82 Å². The van der Waals surface area contributed by atoms with E-state index >= 15 is 0 Å². The van der Waals surface area contributed by atoms with Crippen LogP contribution in [0.3, 0.4) is 0 Å². The lowest BCUT2D eigenvalue weighted by Crippen LogP contribution is -2.01. The maximum Gasteiger partial charge on any atom is 0.127 e. The van der Waals surface area contributed by atoms with E-state index in [1.807, 2.05) is 30.3 Å². The highest BCUT2D eigenvalue weighted by molar-refractivity contribution is 6.30. The fourth-order valence-electron chi connectivity index (χ4n) is 1.81. The number of benzene rings is 1. The Balaban J connectivity index is 2.04. The zero-order valence-corrected chi connectivity index (χ0v) is 9.48. The third-order valence-corrected chi connectivity index (χ3v) is 3.04. The molecule has 1 saturated carbocycles. The van der Waals surface area contributed by atoms with E-state index in [2.05, 4.69) is 5.10 Å². The molecule has 82 valence electrons. The molecule has 1 fully saturated rings. The van der Waals surface area contributed by atoms with E-state index in [4.69, 9.17) is 17.3 Å². The van der Waals surface area contributed by atoms with E-state index in [0.717, 1.165) is 11.4 Å². The molecule has 0 radical (unpaired) electrons. The van der Waals surface area contributed by atoms with Gasteiger partial charge >= 0.3 is 0 Å². The van der Waals surface area contributed by atoms with Gasteiger partial charge < -0.3 is 5.73 Å². The van der Waals surface area contributed by atoms with E-state index < -0.39 is 0 Å². The van der Waals surface area contributed by atoms with Crippen LogP contribution in [0.5, 0.6) is 0 Å². The zero-order chi connectivity index (χ0) is 11.1. The molecule has 0 spiro atoms. The summed E-state index contributed by atoms with van der Waals surface area (Å²) in [5.41, 5.74) is 7.96. The molecule has 0 amide bonds. The molecule has 16 heavy (non-hydrogen) atoms. The highest BCUT2D eigenvalue weighted by atomic mass is 35.5. The monoisotopic (exact) mass is 233 g/mol. The molecule has 0 bridgehead atoms. The van der Waals surface area contributed by atoms with Crippen LogP contribution in [0.15, 0.2) is 30.3 Å². The number of halogens is 1. The van der Waals surface area contributed by atoms with Crippen LogP contribution in [0.25, 0.3) is 5.69 Å². The van der Waals surface area contributed by atoms with Crippen molar-refractivity contribution in [2.75, 3.05) is 5.73 Å². The van der Waals surface area contributed by atoms with Crippen LogP contribution in [0, 0.1) is 0 Å². The van der Waals surface area contributed by atoms with Gasteiger partial charge in [-0.1, -0.05) is 17.7 Å². The molecule has 0 atom stereocenters. The minimum Gasteiger partial charge on any atom is -0.384 e. The Hall–Kier alpha value is -1.48. The van der Waals surface area contributed by atoms with E-state index in [-0.39, 0.29) is 0 Å². The number of rotatable bonds is 2. The van der Waals surface area contributed by atoms with Gasteiger partial charge in [0, 0.05) is 17.0 Å². The highest BCUT2D eigenvalue weighted by Gasteiger charge is 2.27. The Labute approximate surface area is 98.8 Å². The summed E-state index contributed by atoms with van der Waals surface area (Å²) in [6.07, 6.45) is 2.46. The van der Waals surface area contributed by atoms with Gasteiger partial charge in [0.25, 0.3) is 0 Å². The summed E-state index contributed by atoms with van der Waals surface area (Å²) in [6, 6.07) is 9.51. The SMILES string of the molecule is Nc1cc(C2CC2)nn1-c1cccc(Cl)c1. The molecular weight excluding hydrogens is 222 g/mol. The van der Waals surface area contributed by atoms with Gasteiger partial charge in [-0.05, 0) is 31.0 Å². The predicted octanol–water partition coefficient (Wildman–Crippen LogP) is 2.99. The van der Waals surface area contributed by atoms with Crippen molar-refractivity contribution in [1.82, 2.24) is 9.78 Å². The number of aromatic nitrogens is 2. The Morgan fingerprint density at radius 3 is 2.81 bits per heavy atom. The molecular formula is C12H12ClN3. The first kappa shape index (κ1) is 9.73. The first-order valence-corrected chi connectivity index (χ1v) is 5.73. The molecule has 3 nitrogen and oxygen atoms in total. The van der Waals surface area contributed by atoms with Crippen molar-refractivity contribution in [3.8, 4) is 5.69 Å². The van der Waals surface area contributed by atoms with Crippen LogP contribution in [0.2, 0.25) is 5.02 Å². The predicted molar refractivity (Wildman–Crippen MR) is 65.0 cm³/mol. The number of nitrogens with two attached hydrogens (primary N) is 1. The summed E-state index contributed by atoms with van der Waals surface area (Å²) in [5, 5.41) is 5.21. The number of anilines is 1. The lowest BCUT2D eigenvalue weighted by molar-refractivity contribution is 0.845. The van der Waals surface area contributed by atoms with Crippen molar-refractivity contribution < 1.29 is 0 Å². The van der Waals surface area contributed by atoms with E-state index in [1.165, 1.54) is 12.8 Å². The van der Waals surface area contributed by atoms with Crippen molar-refractivity contribution in [3.05, 3.63) is 41.0 Å². The topological polar surface area (TPSA) is 43.8 Å². The second-order valence-electron chi connectivity index (χ2n) is 4.16. The zero-order valence-electron chi connectivity index (χ0n) is 8.73. The number of hydrogen-bond donors (Lipinski definition) is 1. The van der Waals surface area contributed by atoms with Crippen LogP contribution < -0.4 is 5.73 Å². The molecule has 0 unspecified atom stereocenters. The average Bonchev–Trinajstić information content (AvgIpc) is 3.02. The smallest absolute Gasteiger partial charge is 0.127 e. The molecule has 0 saturated heterocycles. The summed E-state index contributed by atoms with van der Waals surface area (Å²) in [7, 11) is 0. The third-order valence-electron chi connectivity index (χ3n) is 2.80. The van der Waals surface area contributed by atoms with Crippen LogP contribution in [0.4, 0.5) is 5.82 Å². The molecule has 4 heteroatoms. The van der Waals surface area contributed by atoms with E-state index in [1.54, 1.807) is 4.68 Å². The van der Waals surface area contributed by atoms with E-state index in [0.29, 0.717) is 16.8 Å². The summed E-state index contributed by atoms with van der Waals surface area (Å²) in [4.78, 5) is 0. The largest absolute Gasteiger partial charge is 0.384 e. The van der Waals surface area contributed by atoms with Crippen LogP contribution in [-0.2, 0) is 0 Å².